The van der Waals surface area contributed by atoms with Crippen LogP contribution in [-0.4, -0.2) is 17.3 Å². The van der Waals surface area contributed by atoms with Gasteiger partial charge in [-0.1, -0.05) is 17.7 Å². The summed E-state index contributed by atoms with van der Waals surface area (Å²) in [5, 5.41) is 20.2. The molecule has 100 valence electrons. The number of aliphatic hydroxyl groups is 1. The Bertz CT molecular complexity index is 539. The first kappa shape index (κ1) is 12.9. The molecule has 0 aromatic heterocycles. The molecule has 2 bridgehead atoms. The summed E-state index contributed by atoms with van der Waals surface area (Å²) >= 11 is 5.97. The van der Waals surface area contributed by atoms with Crippen LogP contribution in [0.2, 0.25) is 5.02 Å². The molecule has 3 nitrogen and oxygen atoms in total. The van der Waals surface area contributed by atoms with Crippen LogP contribution in [0.1, 0.15) is 30.9 Å². The molecule has 0 spiro atoms. The second-order valence-corrected chi connectivity index (χ2v) is 5.63. The molecule has 1 N–H and O–H groups in total. The molecule has 2 aliphatic heterocycles. The number of benzene rings is 1. The predicted molar refractivity (Wildman–Crippen MR) is 66.9 cm³/mol. The van der Waals surface area contributed by atoms with Gasteiger partial charge in [-0.2, -0.15) is 5.26 Å². The van der Waals surface area contributed by atoms with E-state index < -0.39 is 17.3 Å². The molecule has 5 heteroatoms. The van der Waals surface area contributed by atoms with E-state index in [-0.39, 0.29) is 22.8 Å². The molecule has 2 fully saturated rings. The molecule has 0 amide bonds. The molecule has 2 heterocycles. The van der Waals surface area contributed by atoms with Crippen molar-refractivity contribution in [3.63, 3.8) is 0 Å². The molecule has 1 aromatic rings. The molecule has 19 heavy (non-hydrogen) atoms. The van der Waals surface area contributed by atoms with E-state index in [0.29, 0.717) is 6.42 Å². The molecule has 4 atom stereocenters. The van der Waals surface area contributed by atoms with Crippen molar-refractivity contribution in [1.82, 2.24) is 0 Å². The van der Waals surface area contributed by atoms with Crippen molar-refractivity contribution in [2.45, 2.75) is 37.6 Å². The lowest BCUT2D eigenvalue weighted by atomic mass is 9.69. The Morgan fingerprint density at radius 2 is 2.32 bits per heavy atom. The highest BCUT2D eigenvalue weighted by Crippen LogP contribution is 2.54. The summed E-state index contributed by atoms with van der Waals surface area (Å²) in [6.45, 7) is 0. The van der Waals surface area contributed by atoms with Crippen LogP contribution in [0.25, 0.3) is 0 Å². The topological polar surface area (TPSA) is 53.2 Å². The fourth-order valence-electron chi connectivity index (χ4n) is 3.24. The number of rotatable bonds is 2. The first-order chi connectivity index (χ1) is 9.08. The third-order valence-electron chi connectivity index (χ3n) is 4.22. The predicted octanol–water partition coefficient (Wildman–Crippen LogP) is 2.97. The minimum atomic E-state index is -1.26. The molecule has 0 radical (unpaired) electrons. The van der Waals surface area contributed by atoms with Gasteiger partial charge in [0.05, 0.1) is 18.3 Å². The van der Waals surface area contributed by atoms with Crippen LogP contribution in [-0.2, 0) is 4.74 Å². The second kappa shape index (κ2) is 4.45. The molecule has 2 aliphatic rings. The van der Waals surface area contributed by atoms with E-state index in [1.807, 2.05) is 0 Å². The number of nitrogens with zero attached hydrogens (tertiary/aromatic N) is 1. The number of hydrogen-bond donors (Lipinski definition) is 1. The van der Waals surface area contributed by atoms with E-state index in [2.05, 4.69) is 6.07 Å². The number of nitriles is 1. The zero-order valence-corrected chi connectivity index (χ0v) is 10.9. The van der Waals surface area contributed by atoms with Crippen LogP contribution in [0.4, 0.5) is 4.39 Å². The minimum absolute atomic E-state index is 0.00173. The maximum atomic E-state index is 13.9. The van der Waals surface area contributed by atoms with E-state index in [4.69, 9.17) is 16.3 Å². The van der Waals surface area contributed by atoms with E-state index in [9.17, 15) is 14.8 Å². The van der Waals surface area contributed by atoms with Gasteiger partial charge in [-0.15, -0.1) is 0 Å². The van der Waals surface area contributed by atoms with Gasteiger partial charge in [-0.25, -0.2) is 4.39 Å². The van der Waals surface area contributed by atoms with Crippen LogP contribution < -0.4 is 0 Å². The third-order valence-corrected chi connectivity index (χ3v) is 4.55. The van der Waals surface area contributed by atoms with Crippen molar-refractivity contribution in [1.29, 1.82) is 5.26 Å². The summed E-state index contributed by atoms with van der Waals surface area (Å²) in [4.78, 5) is 0. The SMILES string of the molecule is N#CC1(C(O)c2c(F)cccc2Cl)CC2CCC1O2. The van der Waals surface area contributed by atoms with Gasteiger partial charge >= 0.3 is 0 Å². The Balaban J connectivity index is 2.04. The molecule has 0 saturated carbocycles. The second-order valence-electron chi connectivity index (χ2n) is 5.22. The number of hydrogen-bond acceptors (Lipinski definition) is 3. The molecular weight excluding hydrogens is 269 g/mol. The summed E-state index contributed by atoms with van der Waals surface area (Å²) in [5.74, 6) is -0.586. The highest BCUT2D eigenvalue weighted by Gasteiger charge is 2.58. The zero-order valence-electron chi connectivity index (χ0n) is 10.1. The van der Waals surface area contributed by atoms with Crippen molar-refractivity contribution < 1.29 is 14.2 Å². The number of halogens is 2. The maximum Gasteiger partial charge on any atom is 0.130 e. The van der Waals surface area contributed by atoms with Crippen LogP contribution in [0.15, 0.2) is 18.2 Å². The molecule has 0 aliphatic carbocycles. The van der Waals surface area contributed by atoms with Gasteiger partial charge in [-0.3, -0.25) is 0 Å². The lowest BCUT2D eigenvalue weighted by Gasteiger charge is -2.33. The minimum Gasteiger partial charge on any atom is -0.386 e. The van der Waals surface area contributed by atoms with E-state index in [1.165, 1.54) is 18.2 Å². The highest BCUT2D eigenvalue weighted by molar-refractivity contribution is 6.31. The van der Waals surface area contributed by atoms with Crippen molar-refractivity contribution in [3.05, 3.63) is 34.6 Å². The van der Waals surface area contributed by atoms with Gasteiger partial charge in [0.2, 0.25) is 0 Å². The van der Waals surface area contributed by atoms with Gasteiger partial charge < -0.3 is 9.84 Å². The summed E-state index contributed by atoms with van der Waals surface area (Å²) in [7, 11) is 0. The van der Waals surface area contributed by atoms with Gasteiger partial charge in [0.15, 0.2) is 0 Å². The van der Waals surface area contributed by atoms with Crippen LogP contribution >= 0.6 is 11.6 Å². The Morgan fingerprint density at radius 1 is 1.53 bits per heavy atom. The largest absolute Gasteiger partial charge is 0.386 e. The van der Waals surface area contributed by atoms with Crippen LogP contribution in [0.5, 0.6) is 0 Å². The average molecular weight is 282 g/mol. The van der Waals surface area contributed by atoms with Crippen LogP contribution in [0, 0.1) is 22.6 Å². The van der Waals surface area contributed by atoms with Crippen molar-refractivity contribution in [2.24, 2.45) is 5.41 Å². The van der Waals surface area contributed by atoms with Gasteiger partial charge in [0, 0.05) is 10.6 Å². The molecule has 3 rings (SSSR count). The monoisotopic (exact) mass is 281 g/mol. The van der Waals surface area contributed by atoms with Crippen molar-refractivity contribution in [2.75, 3.05) is 0 Å². The lowest BCUT2D eigenvalue weighted by molar-refractivity contribution is 0.00179. The van der Waals surface area contributed by atoms with Crippen LogP contribution in [0.3, 0.4) is 0 Å². The Labute approximate surface area is 115 Å². The number of fused-ring (bicyclic) bond motifs is 2. The molecular formula is C14H13ClFNO2. The number of aliphatic hydroxyl groups excluding tert-OH is 1. The normalized spacial score (nSPS) is 34.2. The first-order valence-corrected chi connectivity index (χ1v) is 6.65. The van der Waals surface area contributed by atoms with Crippen molar-refractivity contribution in [3.8, 4) is 6.07 Å². The van der Waals surface area contributed by atoms with Gasteiger partial charge in [0.1, 0.15) is 17.3 Å². The fourth-order valence-corrected chi connectivity index (χ4v) is 3.51. The maximum absolute atomic E-state index is 13.9. The van der Waals surface area contributed by atoms with E-state index in [1.54, 1.807) is 0 Å². The summed E-state index contributed by atoms with van der Waals surface area (Å²) < 4.78 is 19.6. The summed E-state index contributed by atoms with van der Waals surface area (Å²) in [6, 6.07) is 6.39. The molecule has 4 unspecified atom stereocenters. The average Bonchev–Trinajstić information content (AvgIpc) is 2.99. The molecule has 1 aromatic carbocycles. The van der Waals surface area contributed by atoms with E-state index in [0.717, 1.165) is 12.8 Å². The van der Waals surface area contributed by atoms with E-state index >= 15 is 0 Å². The van der Waals surface area contributed by atoms with Gasteiger partial charge in [-0.05, 0) is 31.4 Å². The van der Waals surface area contributed by atoms with Gasteiger partial charge in [0.25, 0.3) is 0 Å². The molecule has 2 saturated heterocycles. The Kier molecular flexibility index (Phi) is 3.01. The number of ether oxygens (including phenoxy) is 1. The first-order valence-electron chi connectivity index (χ1n) is 6.27. The lowest BCUT2D eigenvalue weighted by Crippen LogP contribution is -2.37. The summed E-state index contributed by atoms with van der Waals surface area (Å²) in [5.41, 5.74) is -1.09. The Hall–Kier alpha value is -1.15. The smallest absolute Gasteiger partial charge is 0.130 e. The Morgan fingerprint density at radius 3 is 2.84 bits per heavy atom. The summed E-state index contributed by atoms with van der Waals surface area (Å²) in [6.07, 6.45) is 0.437. The third kappa shape index (κ3) is 1.77. The quantitative estimate of drug-likeness (QED) is 0.907. The highest BCUT2D eigenvalue weighted by atomic mass is 35.5. The fraction of sp³-hybridized carbons (Fsp3) is 0.500. The van der Waals surface area contributed by atoms with Crippen molar-refractivity contribution >= 4 is 11.6 Å². The zero-order chi connectivity index (χ0) is 13.6. The standard InChI is InChI=1S/C14H13ClFNO2/c15-9-2-1-3-10(16)12(9)13(18)14(7-17)6-8-4-5-11(14)19-8/h1-3,8,11,13,18H,4-6H2.